The second-order valence-electron chi connectivity index (χ2n) is 4.13. The van der Waals surface area contributed by atoms with E-state index in [9.17, 15) is 9.59 Å². The Bertz CT molecular complexity index is 453. The van der Waals surface area contributed by atoms with Gasteiger partial charge in [-0.3, -0.25) is 9.59 Å². The van der Waals surface area contributed by atoms with Crippen LogP contribution in [0.5, 0.6) is 0 Å². The van der Waals surface area contributed by atoms with Gasteiger partial charge in [0.05, 0.1) is 10.3 Å². The van der Waals surface area contributed by atoms with Gasteiger partial charge in [0, 0.05) is 4.88 Å². The van der Waals surface area contributed by atoms with Gasteiger partial charge in [0.1, 0.15) is 5.41 Å². The average molecular weight is 318 g/mol. The van der Waals surface area contributed by atoms with Crippen LogP contribution in [0.15, 0.2) is 15.9 Å². The fourth-order valence-corrected chi connectivity index (χ4v) is 3.27. The molecule has 1 aliphatic rings. The summed E-state index contributed by atoms with van der Waals surface area (Å²) in [6, 6.07) is 3.81. The maximum absolute atomic E-state index is 11.9. The molecule has 1 aromatic rings. The molecule has 0 spiro atoms. The van der Waals surface area contributed by atoms with E-state index in [2.05, 4.69) is 21.2 Å². The lowest BCUT2D eigenvalue weighted by Crippen LogP contribution is -2.50. The fourth-order valence-electron chi connectivity index (χ4n) is 1.85. The van der Waals surface area contributed by atoms with Gasteiger partial charge in [-0.05, 0) is 40.9 Å². The molecule has 0 atom stereocenters. The Morgan fingerprint density at radius 3 is 2.59 bits per heavy atom. The molecule has 0 aromatic carbocycles. The Kier molecular flexibility index (Phi) is 3.53. The van der Waals surface area contributed by atoms with Crippen molar-refractivity contribution >= 4 is 39.1 Å². The molecule has 2 rings (SSSR count). The summed E-state index contributed by atoms with van der Waals surface area (Å²) in [5.41, 5.74) is -1.17. The largest absolute Gasteiger partial charge is 0.480 e. The molecule has 0 unspecified atom stereocenters. The zero-order chi connectivity index (χ0) is 12.5. The second-order valence-corrected chi connectivity index (χ2v) is 6.68. The lowest BCUT2D eigenvalue weighted by atomic mass is 9.68. The zero-order valence-electron chi connectivity index (χ0n) is 9.03. The summed E-state index contributed by atoms with van der Waals surface area (Å²) < 4.78 is 0.998. The van der Waals surface area contributed by atoms with E-state index >= 15 is 0 Å². The van der Waals surface area contributed by atoms with Gasteiger partial charge >= 0.3 is 5.97 Å². The van der Waals surface area contributed by atoms with Gasteiger partial charge in [-0.25, -0.2) is 0 Å². The first kappa shape index (κ1) is 12.6. The number of thiophene rings is 1. The van der Waals surface area contributed by atoms with Crippen molar-refractivity contribution in [2.45, 2.75) is 25.8 Å². The average Bonchev–Trinajstić information content (AvgIpc) is 2.59. The molecule has 0 saturated heterocycles. The number of carbonyl (C=O) groups excluding carboxylic acids is 1. The van der Waals surface area contributed by atoms with Crippen LogP contribution in [-0.2, 0) is 16.1 Å². The molecule has 0 aliphatic heterocycles. The van der Waals surface area contributed by atoms with E-state index in [-0.39, 0.29) is 5.91 Å². The lowest BCUT2D eigenvalue weighted by molar-refractivity contribution is -0.162. The predicted molar refractivity (Wildman–Crippen MR) is 67.8 cm³/mol. The summed E-state index contributed by atoms with van der Waals surface area (Å²) in [6.07, 6.45) is 1.70. The van der Waals surface area contributed by atoms with Gasteiger partial charge in [0.2, 0.25) is 5.91 Å². The summed E-state index contributed by atoms with van der Waals surface area (Å²) in [5.74, 6) is -1.37. The molecule has 1 saturated carbocycles. The number of hydrogen-bond acceptors (Lipinski definition) is 3. The number of nitrogens with one attached hydrogen (secondary N) is 1. The van der Waals surface area contributed by atoms with Gasteiger partial charge in [0.25, 0.3) is 0 Å². The topological polar surface area (TPSA) is 66.4 Å². The summed E-state index contributed by atoms with van der Waals surface area (Å²) >= 11 is 4.87. The van der Waals surface area contributed by atoms with Crippen molar-refractivity contribution in [3.8, 4) is 0 Å². The highest BCUT2D eigenvalue weighted by Crippen LogP contribution is 2.41. The highest BCUT2D eigenvalue weighted by Gasteiger charge is 2.50. The van der Waals surface area contributed by atoms with Crippen molar-refractivity contribution < 1.29 is 14.7 Å². The summed E-state index contributed by atoms with van der Waals surface area (Å²) in [4.78, 5) is 24.0. The number of aliphatic carboxylic acids is 1. The van der Waals surface area contributed by atoms with Crippen LogP contribution < -0.4 is 5.32 Å². The number of carboxylic acids is 1. The van der Waals surface area contributed by atoms with Gasteiger partial charge < -0.3 is 10.4 Å². The van der Waals surface area contributed by atoms with Crippen LogP contribution in [-0.4, -0.2) is 17.0 Å². The Hall–Kier alpha value is -0.880. The third-order valence-electron chi connectivity index (χ3n) is 3.10. The first-order valence-electron chi connectivity index (χ1n) is 5.30. The Morgan fingerprint density at radius 1 is 1.47 bits per heavy atom. The molecule has 0 bridgehead atoms. The Labute approximate surface area is 111 Å². The van der Waals surface area contributed by atoms with Gasteiger partial charge in [-0.15, -0.1) is 11.3 Å². The van der Waals surface area contributed by atoms with Crippen LogP contribution in [0.25, 0.3) is 0 Å². The Balaban J connectivity index is 1.95. The molecule has 17 heavy (non-hydrogen) atoms. The summed E-state index contributed by atoms with van der Waals surface area (Å²) in [7, 11) is 0. The minimum absolute atomic E-state index is 0.360. The summed E-state index contributed by atoms with van der Waals surface area (Å²) in [6.45, 7) is 0.393. The standard InChI is InChI=1S/C11H12BrNO3S/c12-8-3-2-7(17-8)6-13-9(14)11(10(15)16)4-1-5-11/h2-3H,1,4-6H2,(H,13,14)(H,15,16). The third kappa shape index (κ3) is 2.37. The monoisotopic (exact) mass is 317 g/mol. The molecular weight excluding hydrogens is 306 g/mol. The van der Waals surface area contributed by atoms with Crippen molar-refractivity contribution in [3.63, 3.8) is 0 Å². The maximum Gasteiger partial charge on any atom is 0.319 e. The predicted octanol–water partition coefficient (Wildman–Crippen LogP) is 2.38. The highest BCUT2D eigenvalue weighted by molar-refractivity contribution is 9.11. The molecule has 1 aromatic heterocycles. The van der Waals surface area contributed by atoms with Gasteiger partial charge in [-0.1, -0.05) is 6.42 Å². The van der Waals surface area contributed by atoms with Crippen molar-refractivity contribution in [1.82, 2.24) is 5.32 Å². The van der Waals surface area contributed by atoms with E-state index in [4.69, 9.17) is 5.11 Å². The van der Waals surface area contributed by atoms with Crippen LogP contribution in [0.4, 0.5) is 0 Å². The number of rotatable bonds is 4. The van der Waals surface area contributed by atoms with E-state index in [1.165, 1.54) is 11.3 Å². The molecule has 4 nitrogen and oxygen atoms in total. The second kappa shape index (κ2) is 4.78. The number of carboxylic acid groups (broad SMARTS) is 1. The van der Waals surface area contributed by atoms with Gasteiger partial charge in [0.15, 0.2) is 0 Å². The van der Waals surface area contributed by atoms with E-state index in [1.807, 2.05) is 12.1 Å². The molecule has 6 heteroatoms. The van der Waals surface area contributed by atoms with Crippen molar-refractivity contribution in [3.05, 3.63) is 20.8 Å². The summed E-state index contributed by atoms with van der Waals surface area (Å²) in [5, 5.41) is 11.8. The molecule has 1 heterocycles. The van der Waals surface area contributed by atoms with E-state index < -0.39 is 11.4 Å². The van der Waals surface area contributed by atoms with Crippen LogP contribution in [0.2, 0.25) is 0 Å². The van der Waals surface area contributed by atoms with E-state index in [0.717, 1.165) is 15.1 Å². The number of hydrogen-bond donors (Lipinski definition) is 2. The number of carbonyl (C=O) groups is 2. The number of amides is 1. The molecule has 1 fully saturated rings. The molecule has 2 N–H and O–H groups in total. The SMILES string of the molecule is O=C(O)C1(C(=O)NCc2ccc(Br)s2)CCC1. The Morgan fingerprint density at radius 2 is 2.18 bits per heavy atom. The lowest BCUT2D eigenvalue weighted by Gasteiger charge is -2.35. The molecule has 1 aliphatic carbocycles. The maximum atomic E-state index is 11.9. The first-order valence-corrected chi connectivity index (χ1v) is 6.91. The van der Waals surface area contributed by atoms with Crippen molar-refractivity contribution in [2.75, 3.05) is 0 Å². The molecule has 92 valence electrons. The van der Waals surface area contributed by atoms with Crippen LogP contribution in [0.3, 0.4) is 0 Å². The van der Waals surface area contributed by atoms with Crippen LogP contribution in [0.1, 0.15) is 24.1 Å². The molecular formula is C11H12BrNO3S. The van der Waals surface area contributed by atoms with Crippen LogP contribution in [0, 0.1) is 5.41 Å². The van der Waals surface area contributed by atoms with Crippen molar-refractivity contribution in [2.24, 2.45) is 5.41 Å². The minimum Gasteiger partial charge on any atom is -0.480 e. The normalized spacial score (nSPS) is 17.2. The molecule has 0 radical (unpaired) electrons. The smallest absolute Gasteiger partial charge is 0.319 e. The zero-order valence-corrected chi connectivity index (χ0v) is 11.4. The fraction of sp³-hybridized carbons (Fsp3) is 0.455. The van der Waals surface area contributed by atoms with E-state index in [0.29, 0.717) is 19.4 Å². The number of halogens is 1. The minimum atomic E-state index is -1.17. The molecule has 1 amide bonds. The van der Waals surface area contributed by atoms with Crippen LogP contribution >= 0.6 is 27.3 Å². The quantitative estimate of drug-likeness (QED) is 0.838. The highest BCUT2D eigenvalue weighted by atomic mass is 79.9. The van der Waals surface area contributed by atoms with Gasteiger partial charge in [-0.2, -0.15) is 0 Å². The third-order valence-corrected chi connectivity index (χ3v) is 4.73. The van der Waals surface area contributed by atoms with E-state index in [1.54, 1.807) is 0 Å². The first-order chi connectivity index (χ1) is 8.04. The van der Waals surface area contributed by atoms with Crippen molar-refractivity contribution in [1.29, 1.82) is 0 Å².